The van der Waals surface area contributed by atoms with Crippen LogP contribution in [0, 0.1) is 71.0 Å². The molecule has 162 valence electrons. The Labute approximate surface area is 177 Å². The van der Waals surface area contributed by atoms with E-state index in [9.17, 15) is 0 Å². The predicted molar refractivity (Wildman–Crippen MR) is 122 cm³/mol. The summed E-state index contributed by atoms with van der Waals surface area (Å²) in [6.07, 6.45) is 15.6. The topological polar surface area (TPSA) is 0 Å². The minimum absolute atomic E-state index is 0.948. The molecule has 28 heavy (non-hydrogen) atoms. The average molecular weight is 387 g/mol. The van der Waals surface area contributed by atoms with Gasteiger partial charge in [0.15, 0.2) is 0 Å². The Morgan fingerprint density at radius 3 is 0.964 bits per heavy atom. The van der Waals surface area contributed by atoms with Gasteiger partial charge in [0.2, 0.25) is 0 Å². The van der Waals surface area contributed by atoms with Crippen LogP contribution in [0.2, 0.25) is 0 Å². The van der Waals surface area contributed by atoms with Gasteiger partial charge in [-0.05, 0) is 135 Å². The molecule has 0 spiro atoms. The van der Waals surface area contributed by atoms with Crippen molar-refractivity contribution in [1.82, 2.24) is 0 Å². The zero-order chi connectivity index (χ0) is 20.0. The molecule has 0 saturated heterocycles. The molecule has 0 aliphatic heterocycles. The van der Waals surface area contributed by atoms with Crippen molar-refractivity contribution >= 4 is 0 Å². The van der Waals surface area contributed by atoms with E-state index in [-0.39, 0.29) is 0 Å². The Hall–Kier alpha value is 0. The van der Waals surface area contributed by atoms with Crippen LogP contribution >= 0.6 is 0 Å². The lowest BCUT2D eigenvalue weighted by molar-refractivity contribution is 0.0101. The normalized spacial score (nSPS) is 55.5. The molecule has 0 heterocycles. The molecule has 0 amide bonds. The van der Waals surface area contributed by atoms with Crippen molar-refractivity contribution in [2.45, 2.75) is 106 Å². The third-order valence-electron chi connectivity index (χ3n) is 11.3. The van der Waals surface area contributed by atoms with E-state index in [1.54, 1.807) is 38.5 Å². The van der Waals surface area contributed by atoms with Gasteiger partial charge in [0.05, 0.1) is 0 Å². The lowest BCUT2D eigenvalue weighted by Gasteiger charge is -2.49. The Kier molecular flexibility index (Phi) is 6.54. The van der Waals surface area contributed by atoms with Crippen LogP contribution in [0.5, 0.6) is 0 Å². The summed E-state index contributed by atoms with van der Waals surface area (Å²) >= 11 is 0. The van der Waals surface area contributed by atoms with Crippen LogP contribution in [0.25, 0.3) is 0 Å². The first-order valence-electron chi connectivity index (χ1n) is 13.3. The molecule has 4 rings (SSSR count). The molecule has 0 N–H and O–H groups in total. The monoisotopic (exact) mass is 386 g/mol. The van der Waals surface area contributed by atoms with Crippen LogP contribution < -0.4 is 0 Å². The fraction of sp³-hybridized carbons (Fsp3) is 1.00. The first kappa shape index (κ1) is 21.2. The van der Waals surface area contributed by atoms with E-state index < -0.39 is 0 Å². The fourth-order valence-electron chi connectivity index (χ4n) is 8.68. The second-order valence-corrected chi connectivity index (χ2v) is 12.8. The van der Waals surface area contributed by atoms with Crippen molar-refractivity contribution in [3.8, 4) is 0 Å². The molecule has 0 aromatic rings. The van der Waals surface area contributed by atoms with Gasteiger partial charge in [0.1, 0.15) is 0 Å². The Balaban J connectivity index is 1.36. The van der Waals surface area contributed by atoms with E-state index in [0.717, 1.165) is 71.0 Å². The Morgan fingerprint density at radius 1 is 0.321 bits per heavy atom. The number of hydrogen-bond donors (Lipinski definition) is 0. The third-order valence-corrected chi connectivity index (χ3v) is 11.3. The molecule has 4 fully saturated rings. The number of hydrogen-bond acceptors (Lipinski definition) is 0. The zero-order valence-corrected chi connectivity index (χ0v) is 20.0. The van der Waals surface area contributed by atoms with Gasteiger partial charge in [-0.25, -0.2) is 0 Å². The van der Waals surface area contributed by atoms with Gasteiger partial charge in [0.25, 0.3) is 0 Å². The molecule has 0 radical (unpaired) electrons. The minimum Gasteiger partial charge on any atom is -0.0622 e. The van der Waals surface area contributed by atoms with Crippen LogP contribution in [0.15, 0.2) is 0 Å². The molecule has 0 aromatic heterocycles. The Bertz CT molecular complexity index is 440. The van der Waals surface area contributed by atoms with E-state index in [2.05, 4.69) is 41.5 Å². The Morgan fingerprint density at radius 2 is 0.607 bits per heavy atom. The van der Waals surface area contributed by atoms with Gasteiger partial charge in [-0.3, -0.25) is 0 Å². The van der Waals surface area contributed by atoms with E-state index in [1.807, 2.05) is 0 Å². The van der Waals surface area contributed by atoms with Gasteiger partial charge >= 0.3 is 0 Å². The summed E-state index contributed by atoms with van der Waals surface area (Å²) in [5.41, 5.74) is 0. The number of fused-ring (bicyclic) bond motifs is 1. The van der Waals surface area contributed by atoms with E-state index in [0.29, 0.717) is 0 Å². The summed E-state index contributed by atoms with van der Waals surface area (Å²) in [5, 5.41) is 0. The number of rotatable bonds is 2. The third kappa shape index (κ3) is 4.23. The smallest absolute Gasteiger partial charge is 0.0380 e. The summed E-state index contributed by atoms with van der Waals surface area (Å²) in [5.74, 6) is 12.2. The van der Waals surface area contributed by atoms with Crippen molar-refractivity contribution in [2.75, 3.05) is 0 Å². The largest absolute Gasteiger partial charge is 0.0622 e. The van der Waals surface area contributed by atoms with Crippen molar-refractivity contribution in [3.05, 3.63) is 0 Å². The molecule has 6 unspecified atom stereocenters. The highest BCUT2D eigenvalue weighted by Crippen LogP contribution is 2.53. The first-order valence-corrected chi connectivity index (χ1v) is 13.3. The molecule has 4 aliphatic carbocycles. The lowest BCUT2D eigenvalue weighted by Crippen LogP contribution is -2.39. The van der Waals surface area contributed by atoms with Gasteiger partial charge in [-0.1, -0.05) is 41.5 Å². The van der Waals surface area contributed by atoms with Crippen molar-refractivity contribution in [1.29, 1.82) is 0 Å². The molecule has 0 aromatic carbocycles. The maximum atomic E-state index is 2.54. The highest BCUT2D eigenvalue weighted by atomic mass is 14.5. The molecular weight excluding hydrogens is 336 g/mol. The van der Waals surface area contributed by atoms with Crippen LogP contribution in [0.3, 0.4) is 0 Å². The van der Waals surface area contributed by atoms with Gasteiger partial charge in [0, 0.05) is 0 Å². The summed E-state index contributed by atoms with van der Waals surface area (Å²) in [6, 6.07) is 0. The molecule has 4 aliphatic rings. The summed E-state index contributed by atoms with van der Waals surface area (Å²) < 4.78 is 0. The summed E-state index contributed by atoms with van der Waals surface area (Å²) in [6.45, 7) is 15.2. The lowest BCUT2D eigenvalue weighted by atomic mass is 9.56. The van der Waals surface area contributed by atoms with E-state index in [1.165, 1.54) is 25.7 Å². The highest BCUT2D eigenvalue weighted by Gasteiger charge is 2.43. The standard InChI is InChI=1S/C28H50/c1-17-11-26(12-18(2)21(17)5)24-9-7-23-8-10-25(16-28(23)15-24)27-13-19(3)22(6)20(4)14-27/h17-28H,7-16H2,1-6H3. The molecular formula is C28H50. The average Bonchev–Trinajstić information content (AvgIpc) is 2.68. The van der Waals surface area contributed by atoms with Crippen LogP contribution in [-0.2, 0) is 0 Å². The molecule has 0 nitrogen and oxygen atoms in total. The second-order valence-electron chi connectivity index (χ2n) is 12.8. The van der Waals surface area contributed by atoms with Crippen LogP contribution in [-0.4, -0.2) is 0 Å². The van der Waals surface area contributed by atoms with Crippen LogP contribution in [0.4, 0.5) is 0 Å². The first-order chi connectivity index (χ1) is 13.3. The quantitative estimate of drug-likeness (QED) is 0.446. The second kappa shape index (κ2) is 8.63. The molecule has 4 saturated carbocycles. The van der Waals surface area contributed by atoms with Crippen molar-refractivity contribution < 1.29 is 0 Å². The van der Waals surface area contributed by atoms with E-state index >= 15 is 0 Å². The van der Waals surface area contributed by atoms with Crippen molar-refractivity contribution in [2.24, 2.45) is 71.0 Å². The molecule has 0 heteroatoms. The van der Waals surface area contributed by atoms with Gasteiger partial charge in [-0.15, -0.1) is 0 Å². The summed E-state index contributed by atoms with van der Waals surface area (Å²) in [7, 11) is 0. The van der Waals surface area contributed by atoms with Gasteiger partial charge < -0.3 is 0 Å². The van der Waals surface area contributed by atoms with Gasteiger partial charge in [-0.2, -0.15) is 0 Å². The SMILES string of the molecule is CC1CC(C2CCC3CCC(C4CC(C)C(C)C(C)C4)CC3C2)CC(C)C1C. The highest BCUT2D eigenvalue weighted by molar-refractivity contribution is 4.93. The molecule has 0 bridgehead atoms. The zero-order valence-electron chi connectivity index (χ0n) is 20.0. The van der Waals surface area contributed by atoms with Crippen molar-refractivity contribution in [3.63, 3.8) is 0 Å². The minimum atomic E-state index is 0.948. The van der Waals surface area contributed by atoms with E-state index in [4.69, 9.17) is 0 Å². The summed E-state index contributed by atoms with van der Waals surface area (Å²) in [4.78, 5) is 0. The molecule has 6 atom stereocenters. The predicted octanol–water partition coefficient (Wildman–Crippen LogP) is 8.46. The fourth-order valence-corrected chi connectivity index (χ4v) is 8.68. The maximum Gasteiger partial charge on any atom is -0.0380 e. The maximum absolute atomic E-state index is 2.54. The van der Waals surface area contributed by atoms with Crippen LogP contribution in [0.1, 0.15) is 106 Å².